The molecule has 1 aliphatic heterocycles. The molecule has 0 bridgehead atoms. The molecule has 1 amide bonds. The van der Waals surface area contributed by atoms with Crippen molar-refractivity contribution in [2.24, 2.45) is 0 Å². The van der Waals surface area contributed by atoms with Crippen LogP contribution in [0, 0.1) is 0 Å². The number of nitrogens with zero attached hydrogens (tertiary/aromatic N) is 1. The summed E-state index contributed by atoms with van der Waals surface area (Å²) in [6, 6.07) is 1.78. The van der Waals surface area contributed by atoms with Crippen molar-refractivity contribution in [3.05, 3.63) is 23.0 Å². The number of piperidine rings is 1. The summed E-state index contributed by atoms with van der Waals surface area (Å²) in [6.07, 6.45) is 4.98. The summed E-state index contributed by atoms with van der Waals surface area (Å²) in [5.41, 5.74) is 0.525. The van der Waals surface area contributed by atoms with Gasteiger partial charge in [-0.25, -0.2) is 0 Å². The first kappa shape index (κ1) is 13.4. The molecule has 18 heavy (non-hydrogen) atoms. The smallest absolute Gasteiger partial charge is 0.270 e. The number of hydrogen-bond acceptors (Lipinski definition) is 2. The molecule has 5 heteroatoms. The lowest BCUT2D eigenvalue weighted by molar-refractivity contribution is 0.0510. The van der Waals surface area contributed by atoms with Crippen LogP contribution in [0.1, 0.15) is 43.1 Å². The molecule has 2 atom stereocenters. The molecular formula is C13H19ClN2O2. The van der Waals surface area contributed by atoms with Gasteiger partial charge < -0.3 is 15.0 Å². The van der Waals surface area contributed by atoms with Crippen molar-refractivity contribution < 1.29 is 9.90 Å². The molecule has 1 aromatic heterocycles. The highest BCUT2D eigenvalue weighted by atomic mass is 35.5. The summed E-state index contributed by atoms with van der Waals surface area (Å²) in [5.74, 6) is -0.0211. The first-order chi connectivity index (χ1) is 8.58. The maximum atomic E-state index is 12.4. The quantitative estimate of drug-likeness (QED) is 0.886. The van der Waals surface area contributed by atoms with Crippen molar-refractivity contribution in [1.82, 2.24) is 9.88 Å². The molecule has 4 nitrogen and oxygen atoms in total. The van der Waals surface area contributed by atoms with Gasteiger partial charge in [0.15, 0.2) is 0 Å². The molecule has 0 saturated carbocycles. The molecule has 100 valence electrons. The van der Waals surface area contributed by atoms with Gasteiger partial charge in [-0.15, -0.1) is 0 Å². The van der Waals surface area contributed by atoms with Gasteiger partial charge in [-0.3, -0.25) is 4.79 Å². The van der Waals surface area contributed by atoms with E-state index in [1.165, 1.54) is 0 Å². The minimum Gasteiger partial charge on any atom is -0.393 e. The van der Waals surface area contributed by atoms with Gasteiger partial charge >= 0.3 is 0 Å². The fourth-order valence-corrected chi connectivity index (χ4v) is 2.72. The average molecular weight is 271 g/mol. The van der Waals surface area contributed by atoms with E-state index in [4.69, 9.17) is 11.6 Å². The predicted octanol–water partition coefficient (Wildman–Crippen LogP) is 2.43. The van der Waals surface area contributed by atoms with Crippen molar-refractivity contribution in [3.8, 4) is 0 Å². The number of halogens is 1. The molecule has 0 radical (unpaired) electrons. The molecule has 1 saturated heterocycles. The predicted molar refractivity (Wildman–Crippen MR) is 70.8 cm³/mol. The lowest BCUT2D eigenvalue weighted by atomic mass is 9.97. The van der Waals surface area contributed by atoms with E-state index in [9.17, 15) is 9.90 Å². The van der Waals surface area contributed by atoms with Crippen molar-refractivity contribution in [2.75, 3.05) is 6.54 Å². The highest BCUT2D eigenvalue weighted by Gasteiger charge is 2.28. The Morgan fingerprint density at radius 1 is 1.67 bits per heavy atom. The number of carbonyl (C=O) groups is 1. The first-order valence-corrected chi connectivity index (χ1v) is 6.78. The SMILES string of the molecule is CC(O)CC1CCCCN1C(=O)c1cc(Cl)c[nH]1. The van der Waals surface area contributed by atoms with Gasteiger partial charge in [0.1, 0.15) is 5.69 Å². The molecule has 2 rings (SSSR count). The number of aromatic nitrogens is 1. The van der Waals surface area contributed by atoms with Crippen LogP contribution in [0.25, 0.3) is 0 Å². The van der Waals surface area contributed by atoms with Crippen LogP contribution in [0.3, 0.4) is 0 Å². The van der Waals surface area contributed by atoms with Gasteiger partial charge in [0.2, 0.25) is 0 Å². The zero-order chi connectivity index (χ0) is 13.1. The first-order valence-electron chi connectivity index (χ1n) is 6.41. The van der Waals surface area contributed by atoms with Crippen molar-refractivity contribution >= 4 is 17.5 Å². The molecule has 0 aromatic carbocycles. The molecule has 2 unspecified atom stereocenters. The third-order valence-corrected chi connectivity index (χ3v) is 3.60. The van der Waals surface area contributed by atoms with Crippen LogP contribution >= 0.6 is 11.6 Å². The van der Waals surface area contributed by atoms with Crippen LogP contribution in [0.5, 0.6) is 0 Å². The lowest BCUT2D eigenvalue weighted by Crippen LogP contribution is -2.45. The fraction of sp³-hybridized carbons (Fsp3) is 0.615. The molecule has 2 N–H and O–H groups in total. The summed E-state index contributed by atoms with van der Waals surface area (Å²) in [5, 5.41) is 10.1. The zero-order valence-electron chi connectivity index (χ0n) is 10.5. The van der Waals surface area contributed by atoms with E-state index >= 15 is 0 Å². The Kier molecular flexibility index (Phi) is 4.30. The van der Waals surface area contributed by atoms with Crippen LogP contribution in [-0.2, 0) is 0 Å². The Labute approximate surface area is 112 Å². The fourth-order valence-electron chi connectivity index (χ4n) is 2.55. The normalized spacial score (nSPS) is 21.9. The van der Waals surface area contributed by atoms with E-state index in [2.05, 4.69) is 4.98 Å². The number of H-pyrrole nitrogens is 1. The minimum atomic E-state index is -0.379. The molecular weight excluding hydrogens is 252 g/mol. The van der Waals surface area contributed by atoms with Gasteiger partial charge in [-0.05, 0) is 38.7 Å². The zero-order valence-corrected chi connectivity index (χ0v) is 11.3. The van der Waals surface area contributed by atoms with E-state index < -0.39 is 0 Å². The number of rotatable bonds is 3. The number of aliphatic hydroxyl groups excluding tert-OH is 1. The third-order valence-electron chi connectivity index (χ3n) is 3.38. The second-order valence-corrected chi connectivity index (χ2v) is 5.40. The minimum absolute atomic E-state index is 0.0211. The van der Waals surface area contributed by atoms with Gasteiger partial charge in [-0.2, -0.15) is 0 Å². The van der Waals surface area contributed by atoms with Crippen LogP contribution in [0.15, 0.2) is 12.3 Å². The molecule has 1 aliphatic rings. The molecule has 2 heterocycles. The maximum Gasteiger partial charge on any atom is 0.270 e. The molecule has 1 aromatic rings. The Hall–Kier alpha value is -1.00. The number of nitrogens with one attached hydrogen (secondary N) is 1. The molecule has 0 aliphatic carbocycles. The number of amides is 1. The monoisotopic (exact) mass is 270 g/mol. The third kappa shape index (κ3) is 3.06. The second kappa shape index (κ2) is 5.76. The van der Waals surface area contributed by atoms with Gasteiger partial charge in [-0.1, -0.05) is 11.6 Å². The van der Waals surface area contributed by atoms with Crippen LogP contribution in [0.2, 0.25) is 5.02 Å². The topological polar surface area (TPSA) is 56.3 Å². The van der Waals surface area contributed by atoms with Gasteiger partial charge in [0.05, 0.1) is 11.1 Å². The van der Waals surface area contributed by atoms with Crippen molar-refractivity contribution in [2.45, 2.75) is 44.8 Å². The summed E-state index contributed by atoms with van der Waals surface area (Å²) in [6.45, 7) is 2.52. The summed E-state index contributed by atoms with van der Waals surface area (Å²) in [4.78, 5) is 17.1. The number of likely N-dealkylation sites (tertiary alicyclic amines) is 1. The van der Waals surface area contributed by atoms with Gasteiger partial charge in [0.25, 0.3) is 5.91 Å². The standard InChI is InChI=1S/C13H19ClN2O2/c1-9(17)6-11-4-2-3-5-16(11)13(18)12-7-10(14)8-15-12/h7-9,11,15,17H,2-6H2,1H3. The average Bonchev–Trinajstić information content (AvgIpc) is 2.75. The van der Waals surface area contributed by atoms with E-state index in [0.29, 0.717) is 17.1 Å². The number of hydrogen-bond donors (Lipinski definition) is 2. The number of aromatic amines is 1. The van der Waals surface area contributed by atoms with E-state index in [1.54, 1.807) is 19.2 Å². The molecule has 1 fully saturated rings. The van der Waals surface area contributed by atoms with E-state index in [1.807, 2.05) is 4.90 Å². The Bertz CT molecular complexity index is 417. The van der Waals surface area contributed by atoms with Gasteiger partial charge in [0, 0.05) is 18.8 Å². The summed E-state index contributed by atoms with van der Waals surface area (Å²) in [7, 11) is 0. The van der Waals surface area contributed by atoms with Crippen LogP contribution in [0.4, 0.5) is 0 Å². The number of aliphatic hydroxyl groups is 1. The Morgan fingerprint density at radius 2 is 2.44 bits per heavy atom. The largest absolute Gasteiger partial charge is 0.393 e. The highest BCUT2D eigenvalue weighted by molar-refractivity contribution is 6.30. The molecule has 0 spiro atoms. The lowest BCUT2D eigenvalue weighted by Gasteiger charge is -2.36. The summed E-state index contributed by atoms with van der Waals surface area (Å²) >= 11 is 5.82. The van der Waals surface area contributed by atoms with Crippen molar-refractivity contribution in [1.29, 1.82) is 0 Å². The summed E-state index contributed by atoms with van der Waals surface area (Å²) < 4.78 is 0. The van der Waals surface area contributed by atoms with Crippen molar-refractivity contribution in [3.63, 3.8) is 0 Å². The van der Waals surface area contributed by atoms with E-state index in [-0.39, 0.29) is 18.1 Å². The Morgan fingerprint density at radius 3 is 3.06 bits per heavy atom. The number of carbonyl (C=O) groups excluding carboxylic acids is 1. The Balaban J connectivity index is 2.10. The second-order valence-electron chi connectivity index (χ2n) is 4.96. The maximum absolute atomic E-state index is 12.4. The van der Waals surface area contributed by atoms with Crippen LogP contribution < -0.4 is 0 Å². The van der Waals surface area contributed by atoms with E-state index in [0.717, 1.165) is 25.8 Å². The van der Waals surface area contributed by atoms with Crippen LogP contribution in [-0.4, -0.2) is 39.6 Å². The highest BCUT2D eigenvalue weighted by Crippen LogP contribution is 2.23.